The molecule has 8 heteroatoms. The highest BCUT2D eigenvalue weighted by Crippen LogP contribution is 2.44. The molecule has 0 aliphatic heterocycles. The van der Waals surface area contributed by atoms with Gasteiger partial charge in [0.2, 0.25) is 0 Å². The first-order valence-corrected chi connectivity index (χ1v) is 16.2. The predicted octanol–water partition coefficient (Wildman–Crippen LogP) is 7.04. The first kappa shape index (κ1) is 34.5. The third kappa shape index (κ3) is 13.5. The van der Waals surface area contributed by atoms with Crippen LogP contribution in [0.5, 0.6) is 0 Å². The summed E-state index contributed by atoms with van der Waals surface area (Å²) in [6, 6.07) is 16.5. The van der Waals surface area contributed by atoms with Crippen LogP contribution in [-0.2, 0) is 28.5 Å². The zero-order valence-corrected chi connectivity index (χ0v) is 26.0. The van der Waals surface area contributed by atoms with Crippen molar-refractivity contribution < 1.29 is 33.3 Å². The van der Waals surface area contributed by atoms with Crippen LogP contribution in [0.1, 0.15) is 88.2 Å². The maximum Gasteiger partial charge on any atom is 0.407 e. The van der Waals surface area contributed by atoms with Gasteiger partial charge in [0.1, 0.15) is 13.2 Å². The standard InChI is InChI=1S/C35H51NO7/c1-2-3-4-5-6-7-8-9-10-19-34(37)42-27-26-41-25-24-40-23-22-39-21-20-36-35(38)43-28-33-31-17-13-11-15-29(31)30-16-12-14-18-32(30)33/h11-18,33H,2-10,19-28H2,1H3,(H,36,38). The number of benzene rings is 2. The Morgan fingerprint density at radius 1 is 0.628 bits per heavy atom. The van der Waals surface area contributed by atoms with E-state index in [0.29, 0.717) is 59.2 Å². The van der Waals surface area contributed by atoms with Crippen LogP contribution in [0.3, 0.4) is 0 Å². The number of carbonyl (C=O) groups excluding carboxylic acids is 2. The minimum Gasteiger partial charge on any atom is -0.463 e. The molecule has 1 aliphatic rings. The molecule has 1 aliphatic carbocycles. The average Bonchev–Trinajstić information content (AvgIpc) is 3.35. The number of unbranched alkanes of at least 4 members (excludes halogenated alkanes) is 8. The van der Waals surface area contributed by atoms with Gasteiger partial charge in [-0.1, -0.05) is 107 Å². The van der Waals surface area contributed by atoms with Crippen molar-refractivity contribution in [1.82, 2.24) is 5.32 Å². The zero-order chi connectivity index (χ0) is 30.4. The minimum absolute atomic E-state index is 0.0416. The number of fused-ring (bicyclic) bond motifs is 3. The Balaban J connectivity index is 1.07. The summed E-state index contributed by atoms with van der Waals surface area (Å²) < 4.78 is 27.2. The molecule has 43 heavy (non-hydrogen) atoms. The van der Waals surface area contributed by atoms with Gasteiger partial charge in [0, 0.05) is 18.9 Å². The van der Waals surface area contributed by atoms with E-state index in [9.17, 15) is 9.59 Å². The largest absolute Gasteiger partial charge is 0.463 e. The molecule has 0 fully saturated rings. The van der Waals surface area contributed by atoms with Crippen molar-refractivity contribution in [2.45, 2.75) is 77.0 Å². The summed E-state index contributed by atoms with van der Waals surface area (Å²) in [5.74, 6) is -0.104. The second-order valence-electron chi connectivity index (χ2n) is 10.9. The lowest BCUT2D eigenvalue weighted by Gasteiger charge is -2.14. The Bertz CT molecular complexity index is 1010. The van der Waals surface area contributed by atoms with Gasteiger partial charge in [-0.2, -0.15) is 0 Å². The minimum atomic E-state index is -0.451. The van der Waals surface area contributed by atoms with E-state index in [-0.39, 0.29) is 18.5 Å². The van der Waals surface area contributed by atoms with Crippen LogP contribution in [0.4, 0.5) is 4.79 Å². The van der Waals surface area contributed by atoms with Crippen molar-refractivity contribution >= 4 is 12.1 Å². The first-order chi connectivity index (χ1) is 21.2. The summed E-state index contributed by atoms with van der Waals surface area (Å²) in [6.07, 6.45) is 11.1. The summed E-state index contributed by atoms with van der Waals surface area (Å²) in [6.45, 7) is 5.61. The molecule has 3 rings (SSSR count). The Hall–Kier alpha value is -2.94. The smallest absolute Gasteiger partial charge is 0.407 e. The zero-order valence-electron chi connectivity index (χ0n) is 26.0. The Morgan fingerprint density at radius 3 is 1.74 bits per heavy atom. The van der Waals surface area contributed by atoms with Crippen molar-refractivity contribution in [2.24, 2.45) is 0 Å². The molecule has 0 heterocycles. The van der Waals surface area contributed by atoms with E-state index in [2.05, 4.69) is 36.5 Å². The third-order valence-corrected chi connectivity index (χ3v) is 7.58. The maximum atomic E-state index is 12.2. The topological polar surface area (TPSA) is 92.3 Å². The van der Waals surface area contributed by atoms with Gasteiger partial charge >= 0.3 is 12.1 Å². The molecule has 0 aromatic heterocycles. The summed E-state index contributed by atoms with van der Waals surface area (Å²) >= 11 is 0. The highest BCUT2D eigenvalue weighted by molar-refractivity contribution is 5.79. The second kappa shape index (κ2) is 21.7. The van der Waals surface area contributed by atoms with Crippen LogP contribution in [0.25, 0.3) is 11.1 Å². The lowest BCUT2D eigenvalue weighted by Crippen LogP contribution is -2.29. The summed E-state index contributed by atoms with van der Waals surface area (Å²) in [4.78, 5) is 24.0. The van der Waals surface area contributed by atoms with Crippen LogP contribution in [-0.4, -0.2) is 71.5 Å². The van der Waals surface area contributed by atoms with Crippen molar-refractivity contribution in [3.63, 3.8) is 0 Å². The second-order valence-corrected chi connectivity index (χ2v) is 10.9. The van der Waals surface area contributed by atoms with Gasteiger partial charge in [-0.15, -0.1) is 0 Å². The lowest BCUT2D eigenvalue weighted by molar-refractivity contribution is -0.145. The molecule has 0 saturated carbocycles. The van der Waals surface area contributed by atoms with E-state index in [1.54, 1.807) is 0 Å². The summed E-state index contributed by atoms with van der Waals surface area (Å²) in [7, 11) is 0. The highest BCUT2D eigenvalue weighted by Gasteiger charge is 2.28. The fourth-order valence-electron chi connectivity index (χ4n) is 5.28. The first-order valence-electron chi connectivity index (χ1n) is 16.2. The van der Waals surface area contributed by atoms with E-state index >= 15 is 0 Å². The van der Waals surface area contributed by atoms with Crippen LogP contribution in [0, 0.1) is 0 Å². The number of esters is 1. The van der Waals surface area contributed by atoms with Gasteiger partial charge in [-0.25, -0.2) is 4.79 Å². The summed E-state index contributed by atoms with van der Waals surface area (Å²) in [5.41, 5.74) is 4.78. The molecule has 8 nitrogen and oxygen atoms in total. The quantitative estimate of drug-likeness (QED) is 0.103. The average molecular weight is 598 g/mol. The van der Waals surface area contributed by atoms with Crippen LogP contribution >= 0.6 is 0 Å². The number of nitrogens with one attached hydrogen (secondary N) is 1. The fraction of sp³-hybridized carbons (Fsp3) is 0.600. The van der Waals surface area contributed by atoms with Crippen molar-refractivity contribution in [3.05, 3.63) is 59.7 Å². The van der Waals surface area contributed by atoms with Gasteiger partial charge < -0.3 is 29.0 Å². The highest BCUT2D eigenvalue weighted by atomic mass is 16.6. The molecule has 1 N–H and O–H groups in total. The monoisotopic (exact) mass is 597 g/mol. The molecule has 1 amide bonds. The molecule has 2 aromatic rings. The molecule has 0 spiro atoms. The number of hydrogen-bond acceptors (Lipinski definition) is 7. The lowest BCUT2D eigenvalue weighted by atomic mass is 9.98. The van der Waals surface area contributed by atoms with Crippen molar-refractivity contribution in [1.29, 1.82) is 0 Å². The number of ether oxygens (including phenoxy) is 5. The Kier molecular flexibility index (Phi) is 17.4. The molecule has 0 saturated heterocycles. The number of rotatable bonds is 24. The fourth-order valence-corrected chi connectivity index (χ4v) is 5.28. The molecule has 238 valence electrons. The predicted molar refractivity (Wildman–Crippen MR) is 168 cm³/mol. The third-order valence-electron chi connectivity index (χ3n) is 7.58. The van der Waals surface area contributed by atoms with E-state index < -0.39 is 6.09 Å². The maximum absolute atomic E-state index is 12.2. The molecule has 0 unspecified atom stereocenters. The van der Waals surface area contributed by atoms with Crippen LogP contribution in [0.2, 0.25) is 0 Å². The van der Waals surface area contributed by atoms with Crippen LogP contribution in [0.15, 0.2) is 48.5 Å². The van der Waals surface area contributed by atoms with Crippen LogP contribution < -0.4 is 5.32 Å². The van der Waals surface area contributed by atoms with Crippen molar-refractivity contribution in [2.75, 3.05) is 59.4 Å². The number of amides is 1. The molecule has 2 aromatic carbocycles. The van der Waals surface area contributed by atoms with E-state index in [4.69, 9.17) is 23.7 Å². The van der Waals surface area contributed by atoms with Gasteiger partial charge in [0.25, 0.3) is 0 Å². The van der Waals surface area contributed by atoms with Gasteiger partial charge in [-0.3, -0.25) is 4.79 Å². The van der Waals surface area contributed by atoms with E-state index in [0.717, 1.165) is 12.8 Å². The van der Waals surface area contributed by atoms with Gasteiger partial charge in [-0.05, 0) is 28.7 Å². The molecule has 0 bridgehead atoms. The number of carbonyl (C=O) groups is 2. The van der Waals surface area contributed by atoms with Crippen molar-refractivity contribution in [3.8, 4) is 11.1 Å². The van der Waals surface area contributed by atoms with Gasteiger partial charge in [0.15, 0.2) is 0 Å². The SMILES string of the molecule is CCCCCCCCCCCC(=O)OCCOCCOCCOCCNC(=O)OCC1c2ccccc2-c2ccccc21. The Labute approximate surface area is 257 Å². The number of alkyl carbamates (subject to hydrolysis) is 1. The molecular weight excluding hydrogens is 546 g/mol. The normalized spacial score (nSPS) is 12.1. The Morgan fingerprint density at radius 2 is 1.14 bits per heavy atom. The molecular formula is C35H51NO7. The van der Waals surface area contributed by atoms with Gasteiger partial charge in [0.05, 0.1) is 39.6 Å². The van der Waals surface area contributed by atoms with E-state index in [1.165, 1.54) is 67.2 Å². The molecule has 0 radical (unpaired) electrons. The van der Waals surface area contributed by atoms with E-state index in [1.807, 2.05) is 24.3 Å². The number of hydrogen-bond donors (Lipinski definition) is 1. The summed E-state index contributed by atoms with van der Waals surface area (Å²) in [5, 5.41) is 2.74. The molecule has 0 atom stereocenters.